The van der Waals surface area contributed by atoms with Gasteiger partial charge in [0.1, 0.15) is 5.56 Å². The molecule has 3 rings (SSSR count). The number of benzene rings is 1. The Morgan fingerprint density at radius 2 is 1.91 bits per heavy atom. The third-order valence-corrected chi connectivity index (χ3v) is 3.65. The standard InChI is InChI=1S/C17H17N3O3/c1-17(2,3)20-15(22)12(14(21)19-16(20)23)8-10-9-18-13-7-5-4-6-11(10)13/h4-9,22H,1-3H3,(H,19,21,23). The number of fused-ring (bicyclic) bond motifs is 1. The van der Waals surface area contributed by atoms with E-state index in [0.29, 0.717) is 5.57 Å². The van der Waals surface area contributed by atoms with Gasteiger partial charge in [-0.2, -0.15) is 0 Å². The molecule has 0 spiro atoms. The molecule has 0 amide bonds. The predicted molar refractivity (Wildman–Crippen MR) is 90.4 cm³/mol. The number of rotatable bonds is 1. The van der Waals surface area contributed by atoms with E-state index in [1.54, 1.807) is 33.1 Å². The fourth-order valence-corrected chi connectivity index (χ4v) is 2.60. The maximum atomic E-state index is 12.1. The molecule has 2 heterocycles. The van der Waals surface area contributed by atoms with Gasteiger partial charge in [-0.15, -0.1) is 0 Å². The van der Waals surface area contributed by atoms with Crippen LogP contribution in [-0.2, 0) is 5.54 Å². The van der Waals surface area contributed by atoms with Crippen LogP contribution in [0.4, 0.5) is 5.69 Å². The normalized spacial score (nSPS) is 15.2. The average molecular weight is 311 g/mol. The molecule has 0 saturated carbocycles. The number of aromatic amines is 1. The molecule has 118 valence electrons. The molecule has 0 aliphatic carbocycles. The Bertz CT molecular complexity index is 956. The first-order valence-corrected chi connectivity index (χ1v) is 7.23. The third kappa shape index (κ3) is 2.52. The maximum Gasteiger partial charge on any atom is 0.331 e. The van der Waals surface area contributed by atoms with Gasteiger partial charge in [0, 0.05) is 22.9 Å². The lowest BCUT2D eigenvalue weighted by atomic mass is 10.0. The van der Waals surface area contributed by atoms with Crippen molar-refractivity contribution < 1.29 is 5.11 Å². The zero-order valence-electron chi connectivity index (χ0n) is 13.1. The molecule has 6 heteroatoms. The van der Waals surface area contributed by atoms with Gasteiger partial charge in [0.2, 0.25) is 5.88 Å². The molecule has 0 fully saturated rings. The number of H-pyrrole nitrogens is 1. The number of aliphatic imine (C=N–C) groups is 1. The van der Waals surface area contributed by atoms with Crippen LogP contribution in [-0.4, -0.2) is 20.9 Å². The highest BCUT2D eigenvalue weighted by Crippen LogP contribution is 2.33. The second-order valence-electron chi connectivity index (χ2n) is 6.38. The van der Waals surface area contributed by atoms with Crippen molar-refractivity contribution in [2.75, 3.05) is 0 Å². The zero-order valence-corrected chi connectivity index (χ0v) is 13.1. The van der Waals surface area contributed by atoms with Crippen molar-refractivity contribution in [1.29, 1.82) is 0 Å². The summed E-state index contributed by atoms with van der Waals surface area (Å²) in [5.41, 5.74) is 0.498. The minimum absolute atomic E-state index is 0.0395. The van der Waals surface area contributed by atoms with E-state index >= 15 is 0 Å². The Morgan fingerprint density at radius 3 is 2.61 bits per heavy atom. The van der Waals surface area contributed by atoms with E-state index in [9.17, 15) is 14.7 Å². The molecule has 2 N–H and O–H groups in total. The topological polar surface area (TPSA) is 87.4 Å². The molecule has 0 radical (unpaired) electrons. The van der Waals surface area contributed by atoms with E-state index < -0.39 is 16.8 Å². The van der Waals surface area contributed by atoms with Gasteiger partial charge < -0.3 is 5.11 Å². The smallest absolute Gasteiger partial charge is 0.331 e. The van der Waals surface area contributed by atoms with Gasteiger partial charge in [-0.1, -0.05) is 18.2 Å². The largest absolute Gasteiger partial charge is 0.494 e. The zero-order chi connectivity index (χ0) is 16.8. The number of aromatic nitrogens is 2. The molecule has 1 aliphatic rings. The van der Waals surface area contributed by atoms with Crippen molar-refractivity contribution in [3.63, 3.8) is 0 Å². The summed E-state index contributed by atoms with van der Waals surface area (Å²) in [5.74, 6) is -0.350. The van der Waals surface area contributed by atoms with Gasteiger partial charge >= 0.3 is 5.69 Å². The van der Waals surface area contributed by atoms with Crippen molar-refractivity contribution in [1.82, 2.24) is 9.55 Å². The number of hydrogen-bond acceptors (Lipinski definition) is 4. The predicted octanol–water partition coefficient (Wildman–Crippen LogP) is 2.25. The summed E-state index contributed by atoms with van der Waals surface area (Å²) < 4.78 is 1.17. The molecular weight excluding hydrogens is 294 g/mol. The Kier molecular flexibility index (Phi) is 3.32. The molecule has 23 heavy (non-hydrogen) atoms. The third-order valence-electron chi connectivity index (χ3n) is 3.65. The summed E-state index contributed by atoms with van der Waals surface area (Å²) in [5, 5.41) is 10.4. The highest BCUT2D eigenvalue weighted by atomic mass is 16.3. The Morgan fingerprint density at radius 1 is 1.22 bits per heavy atom. The van der Waals surface area contributed by atoms with E-state index in [2.05, 4.69) is 9.98 Å². The molecule has 2 aromatic rings. The molecule has 0 bridgehead atoms. The van der Waals surface area contributed by atoms with Crippen LogP contribution in [0.15, 0.2) is 38.8 Å². The highest BCUT2D eigenvalue weighted by Gasteiger charge is 2.23. The van der Waals surface area contributed by atoms with E-state index in [1.165, 1.54) is 4.57 Å². The summed E-state index contributed by atoms with van der Waals surface area (Å²) in [6, 6.07) is 7.51. The van der Waals surface area contributed by atoms with Crippen LogP contribution >= 0.6 is 0 Å². The second kappa shape index (κ2) is 5.08. The van der Waals surface area contributed by atoms with E-state index in [-0.39, 0.29) is 11.4 Å². The SMILES string of the molecule is CC(C)(C)n1c(O)c(C=C2C=Nc3ccccc32)c(=O)[nH]c1=O. The average Bonchev–Trinajstić information content (AvgIpc) is 2.85. The lowest BCUT2D eigenvalue weighted by molar-refractivity contribution is 0.305. The Balaban J connectivity index is 2.24. The summed E-state index contributed by atoms with van der Waals surface area (Å²) in [7, 11) is 0. The Hall–Kier alpha value is -2.89. The number of nitrogens with zero attached hydrogens (tertiary/aromatic N) is 2. The first kappa shape index (κ1) is 15.0. The molecule has 1 aromatic heterocycles. The van der Waals surface area contributed by atoms with Gasteiger partial charge in [-0.25, -0.2) is 4.79 Å². The molecule has 6 nitrogen and oxygen atoms in total. The van der Waals surface area contributed by atoms with Crippen molar-refractivity contribution in [2.24, 2.45) is 4.99 Å². The molecular formula is C17H17N3O3. The van der Waals surface area contributed by atoms with Crippen LogP contribution in [0.1, 0.15) is 31.9 Å². The van der Waals surface area contributed by atoms with Gasteiger partial charge in [0.15, 0.2) is 0 Å². The van der Waals surface area contributed by atoms with Crippen molar-refractivity contribution >= 4 is 23.6 Å². The van der Waals surface area contributed by atoms with Crippen molar-refractivity contribution in [3.8, 4) is 5.88 Å². The Labute approximate surface area is 132 Å². The highest BCUT2D eigenvalue weighted by molar-refractivity contribution is 6.21. The molecule has 1 aliphatic heterocycles. The maximum absolute atomic E-state index is 12.1. The number of para-hydroxylation sites is 1. The lowest BCUT2D eigenvalue weighted by Gasteiger charge is -2.23. The van der Waals surface area contributed by atoms with Crippen LogP contribution in [0.25, 0.3) is 11.6 Å². The summed E-state index contributed by atoms with van der Waals surface area (Å²) >= 11 is 0. The van der Waals surface area contributed by atoms with Gasteiger partial charge in [0.25, 0.3) is 5.56 Å². The lowest BCUT2D eigenvalue weighted by Crippen LogP contribution is -2.39. The second-order valence-corrected chi connectivity index (χ2v) is 6.38. The van der Waals surface area contributed by atoms with Gasteiger partial charge in [-0.3, -0.25) is 19.3 Å². The molecule has 0 saturated heterocycles. The van der Waals surface area contributed by atoms with E-state index in [4.69, 9.17) is 0 Å². The van der Waals surface area contributed by atoms with Crippen LogP contribution in [0, 0.1) is 0 Å². The van der Waals surface area contributed by atoms with Crippen molar-refractivity contribution in [2.45, 2.75) is 26.3 Å². The number of aromatic hydroxyl groups is 1. The van der Waals surface area contributed by atoms with Gasteiger partial charge in [-0.05, 0) is 32.9 Å². The number of allylic oxidation sites excluding steroid dienone is 1. The quantitative estimate of drug-likeness (QED) is 0.846. The monoisotopic (exact) mass is 311 g/mol. The van der Waals surface area contributed by atoms with Crippen LogP contribution < -0.4 is 11.2 Å². The summed E-state index contributed by atoms with van der Waals surface area (Å²) in [6.07, 6.45) is 3.18. The number of hydrogen-bond donors (Lipinski definition) is 2. The fourth-order valence-electron chi connectivity index (χ4n) is 2.60. The minimum atomic E-state index is -0.666. The van der Waals surface area contributed by atoms with E-state index in [1.807, 2.05) is 24.3 Å². The molecule has 0 unspecified atom stereocenters. The molecule has 0 atom stereocenters. The van der Waals surface area contributed by atoms with Crippen molar-refractivity contribution in [3.05, 3.63) is 56.2 Å². The minimum Gasteiger partial charge on any atom is -0.494 e. The molecule has 1 aromatic carbocycles. The van der Waals surface area contributed by atoms with Gasteiger partial charge in [0.05, 0.1) is 5.69 Å². The van der Waals surface area contributed by atoms with Crippen LogP contribution in [0.3, 0.4) is 0 Å². The number of nitrogens with one attached hydrogen (secondary N) is 1. The van der Waals surface area contributed by atoms with Crippen LogP contribution in [0.5, 0.6) is 5.88 Å². The van der Waals surface area contributed by atoms with E-state index in [0.717, 1.165) is 11.3 Å². The fraction of sp³-hybridized carbons (Fsp3) is 0.235. The first-order chi connectivity index (χ1) is 10.8. The van der Waals surface area contributed by atoms with Crippen LogP contribution in [0.2, 0.25) is 0 Å². The summed E-state index contributed by atoms with van der Waals surface area (Å²) in [4.78, 5) is 30.6. The first-order valence-electron chi connectivity index (χ1n) is 7.23. The summed E-state index contributed by atoms with van der Waals surface area (Å²) in [6.45, 7) is 5.32.